The van der Waals surface area contributed by atoms with E-state index in [9.17, 15) is 9.59 Å². The molecule has 1 N–H and O–H groups in total. The van der Waals surface area contributed by atoms with Crippen LogP contribution in [0.15, 0.2) is 35.2 Å². The van der Waals surface area contributed by atoms with Crippen molar-refractivity contribution in [3.8, 4) is 0 Å². The molecule has 4 nitrogen and oxygen atoms in total. The molecule has 0 unspecified atom stereocenters. The van der Waals surface area contributed by atoms with Gasteiger partial charge in [-0.25, -0.2) is 0 Å². The molecule has 0 aliphatic rings. The Morgan fingerprint density at radius 2 is 1.57 bits per heavy atom. The van der Waals surface area contributed by atoms with Crippen molar-refractivity contribution in [1.29, 1.82) is 0 Å². The van der Waals surface area contributed by atoms with Gasteiger partial charge in [0, 0.05) is 29.8 Å². The Kier molecular flexibility index (Phi) is 7.69. The second-order valence-electron chi connectivity index (χ2n) is 7.42. The van der Waals surface area contributed by atoms with Gasteiger partial charge in [-0.1, -0.05) is 23.8 Å². The molecule has 2 aromatic carbocycles. The minimum Gasteiger partial charge on any atom is -0.336 e. The molecule has 0 heterocycles. The fourth-order valence-electron chi connectivity index (χ4n) is 3.11. The maximum atomic E-state index is 12.4. The van der Waals surface area contributed by atoms with Gasteiger partial charge in [-0.2, -0.15) is 0 Å². The van der Waals surface area contributed by atoms with E-state index in [1.807, 2.05) is 32.9 Å². The summed E-state index contributed by atoms with van der Waals surface area (Å²) in [5, 5.41) is 2.95. The van der Waals surface area contributed by atoms with Crippen LogP contribution in [0.2, 0.25) is 0 Å². The predicted octanol–water partition coefficient (Wildman–Crippen LogP) is 4.81. The van der Waals surface area contributed by atoms with Crippen molar-refractivity contribution >= 4 is 29.3 Å². The van der Waals surface area contributed by atoms with Crippen molar-refractivity contribution in [2.75, 3.05) is 24.7 Å². The molecule has 0 aliphatic heterocycles. The number of nitrogens with zero attached hydrogens (tertiary/aromatic N) is 1. The Morgan fingerprint density at radius 1 is 0.929 bits per heavy atom. The van der Waals surface area contributed by atoms with Crippen LogP contribution in [0.1, 0.15) is 34.2 Å². The highest BCUT2D eigenvalue weighted by Crippen LogP contribution is 2.23. The molecular weight excluding hydrogens is 368 g/mol. The summed E-state index contributed by atoms with van der Waals surface area (Å²) in [6, 6.07) is 10.4. The monoisotopic (exact) mass is 398 g/mol. The van der Waals surface area contributed by atoms with Gasteiger partial charge < -0.3 is 10.2 Å². The van der Waals surface area contributed by atoms with E-state index in [0.29, 0.717) is 12.2 Å². The molecule has 0 aliphatic carbocycles. The zero-order chi connectivity index (χ0) is 20.8. The van der Waals surface area contributed by atoms with Crippen LogP contribution in [-0.4, -0.2) is 36.1 Å². The van der Waals surface area contributed by atoms with Gasteiger partial charge in [-0.3, -0.25) is 9.59 Å². The molecule has 2 aromatic rings. The van der Waals surface area contributed by atoms with Crippen molar-refractivity contribution < 1.29 is 9.59 Å². The molecule has 0 saturated carbocycles. The van der Waals surface area contributed by atoms with Gasteiger partial charge in [0.15, 0.2) is 0 Å². The van der Waals surface area contributed by atoms with Crippen LogP contribution in [0, 0.1) is 34.6 Å². The number of hydrogen-bond donors (Lipinski definition) is 1. The van der Waals surface area contributed by atoms with E-state index in [1.54, 1.807) is 18.8 Å². The van der Waals surface area contributed by atoms with E-state index < -0.39 is 0 Å². The standard InChI is InChI=1S/C23H30N2O2S/c1-15-11-18(4)23(19(5)12-15)24-21(26)14-25(6)22(27)9-10-28-20-8-7-16(2)17(3)13-20/h7-8,11-13H,9-10,14H2,1-6H3,(H,24,26). The number of nitrogens with one attached hydrogen (secondary N) is 1. The molecular formula is C23H30N2O2S. The third kappa shape index (κ3) is 6.13. The number of carbonyl (C=O) groups excluding carboxylic acids is 2. The van der Waals surface area contributed by atoms with Crippen molar-refractivity contribution in [2.45, 2.75) is 45.9 Å². The number of benzene rings is 2. The van der Waals surface area contributed by atoms with Gasteiger partial charge >= 0.3 is 0 Å². The Hall–Kier alpha value is -2.27. The molecule has 2 amide bonds. The summed E-state index contributed by atoms with van der Waals surface area (Å²) in [4.78, 5) is 27.4. The minimum absolute atomic E-state index is 0.0242. The highest BCUT2D eigenvalue weighted by atomic mass is 32.2. The first-order valence-electron chi connectivity index (χ1n) is 9.49. The average molecular weight is 399 g/mol. The molecule has 2 rings (SSSR count). The number of anilines is 1. The third-order valence-electron chi connectivity index (χ3n) is 4.81. The van der Waals surface area contributed by atoms with Gasteiger partial charge in [0.25, 0.3) is 0 Å². The summed E-state index contributed by atoms with van der Waals surface area (Å²) in [7, 11) is 1.68. The molecule has 5 heteroatoms. The SMILES string of the molecule is Cc1cc(C)c(NC(=O)CN(C)C(=O)CCSc2ccc(C)c(C)c2)c(C)c1. The van der Waals surface area contributed by atoms with Crippen LogP contribution in [0.5, 0.6) is 0 Å². The second kappa shape index (κ2) is 9.78. The van der Waals surface area contributed by atoms with Crippen LogP contribution in [0.4, 0.5) is 5.69 Å². The normalized spacial score (nSPS) is 10.6. The minimum atomic E-state index is -0.173. The summed E-state index contributed by atoms with van der Waals surface area (Å²) in [5.74, 6) is 0.500. The summed E-state index contributed by atoms with van der Waals surface area (Å²) in [5.41, 5.74) is 6.59. The molecule has 0 saturated heterocycles. The van der Waals surface area contributed by atoms with E-state index >= 15 is 0 Å². The van der Waals surface area contributed by atoms with Gasteiger partial charge in [-0.15, -0.1) is 11.8 Å². The van der Waals surface area contributed by atoms with Crippen LogP contribution >= 0.6 is 11.8 Å². The predicted molar refractivity (Wildman–Crippen MR) is 118 cm³/mol. The number of thioether (sulfide) groups is 1. The number of amides is 2. The molecule has 0 fully saturated rings. The average Bonchev–Trinajstić information content (AvgIpc) is 2.61. The fourth-order valence-corrected chi connectivity index (χ4v) is 4.05. The fraction of sp³-hybridized carbons (Fsp3) is 0.391. The lowest BCUT2D eigenvalue weighted by atomic mass is 10.1. The van der Waals surface area contributed by atoms with E-state index in [-0.39, 0.29) is 18.4 Å². The number of likely N-dealkylation sites (N-methyl/N-ethyl adjacent to an activating group) is 1. The quantitative estimate of drug-likeness (QED) is 0.681. The zero-order valence-electron chi connectivity index (χ0n) is 17.7. The first-order valence-corrected chi connectivity index (χ1v) is 10.5. The lowest BCUT2D eigenvalue weighted by Gasteiger charge is -2.18. The molecule has 28 heavy (non-hydrogen) atoms. The van der Waals surface area contributed by atoms with E-state index in [4.69, 9.17) is 0 Å². The van der Waals surface area contributed by atoms with E-state index in [1.165, 1.54) is 26.5 Å². The first-order chi connectivity index (χ1) is 13.2. The number of hydrogen-bond acceptors (Lipinski definition) is 3. The number of rotatable bonds is 7. The number of carbonyl (C=O) groups is 2. The molecule has 0 spiro atoms. The highest BCUT2D eigenvalue weighted by Gasteiger charge is 2.15. The molecule has 0 radical (unpaired) electrons. The number of aryl methyl sites for hydroxylation is 5. The summed E-state index contributed by atoms with van der Waals surface area (Å²) < 4.78 is 0. The Balaban J connectivity index is 1.83. The maximum Gasteiger partial charge on any atom is 0.243 e. The molecule has 150 valence electrons. The maximum absolute atomic E-state index is 12.4. The Morgan fingerprint density at radius 3 is 2.18 bits per heavy atom. The zero-order valence-corrected chi connectivity index (χ0v) is 18.5. The summed E-state index contributed by atoms with van der Waals surface area (Å²) in [6.45, 7) is 10.2. The smallest absolute Gasteiger partial charge is 0.243 e. The summed E-state index contributed by atoms with van der Waals surface area (Å²) in [6.07, 6.45) is 0.407. The van der Waals surface area contributed by atoms with Gasteiger partial charge in [0.05, 0.1) is 6.54 Å². The van der Waals surface area contributed by atoms with Crippen LogP contribution in [0.3, 0.4) is 0 Å². The third-order valence-corrected chi connectivity index (χ3v) is 5.81. The largest absolute Gasteiger partial charge is 0.336 e. The lowest BCUT2D eigenvalue weighted by molar-refractivity contribution is -0.132. The molecule has 0 bridgehead atoms. The highest BCUT2D eigenvalue weighted by molar-refractivity contribution is 7.99. The van der Waals surface area contributed by atoms with Gasteiger partial charge in [0.2, 0.25) is 11.8 Å². The van der Waals surface area contributed by atoms with Crippen molar-refractivity contribution in [3.63, 3.8) is 0 Å². The van der Waals surface area contributed by atoms with Crippen LogP contribution in [0.25, 0.3) is 0 Å². The van der Waals surface area contributed by atoms with Crippen LogP contribution < -0.4 is 5.32 Å². The second-order valence-corrected chi connectivity index (χ2v) is 8.58. The summed E-state index contributed by atoms with van der Waals surface area (Å²) >= 11 is 1.67. The van der Waals surface area contributed by atoms with E-state index in [2.05, 4.69) is 37.4 Å². The van der Waals surface area contributed by atoms with Crippen molar-refractivity contribution in [3.05, 3.63) is 58.1 Å². The van der Waals surface area contributed by atoms with E-state index in [0.717, 1.165) is 16.8 Å². The lowest BCUT2D eigenvalue weighted by Crippen LogP contribution is -2.35. The van der Waals surface area contributed by atoms with Gasteiger partial charge in [-0.05, 0) is 69.0 Å². The topological polar surface area (TPSA) is 49.4 Å². The molecule has 0 atom stereocenters. The Bertz CT molecular complexity index is 854. The van der Waals surface area contributed by atoms with Crippen molar-refractivity contribution in [1.82, 2.24) is 4.90 Å². The Labute approximate surface area is 172 Å². The molecule has 0 aromatic heterocycles. The first kappa shape index (κ1) is 22.0. The van der Waals surface area contributed by atoms with Gasteiger partial charge in [0.1, 0.15) is 0 Å². The van der Waals surface area contributed by atoms with Crippen LogP contribution in [-0.2, 0) is 9.59 Å². The van der Waals surface area contributed by atoms with Crippen molar-refractivity contribution in [2.24, 2.45) is 0 Å².